The summed E-state index contributed by atoms with van der Waals surface area (Å²) in [6, 6.07) is 0.440. The van der Waals surface area contributed by atoms with Gasteiger partial charge in [0.2, 0.25) is 0 Å². The van der Waals surface area contributed by atoms with Gasteiger partial charge in [-0.1, -0.05) is 0 Å². The number of hydrogen-bond acceptors (Lipinski definition) is 3. The van der Waals surface area contributed by atoms with Crippen molar-refractivity contribution in [3.05, 3.63) is 0 Å². The van der Waals surface area contributed by atoms with Crippen LogP contribution >= 0.6 is 0 Å². The molecule has 1 aliphatic rings. The maximum Gasteiger partial charge on any atom is 0.318 e. The van der Waals surface area contributed by atoms with Crippen LogP contribution in [0, 0.1) is 0 Å². The number of carbonyl (C=O) groups excluding carboxylic acids is 1. The van der Waals surface area contributed by atoms with Crippen LogP contribution in [0.3, 0.4) is 0 Å². The quantitative estimate of drug-likeness (QED) is 0.705. The van der Waals surface area contributed by atoms with Crippen molar-refractivity contribution < 1.29 is 14.3 Å². The van der Waals surface area contributed by atoms with Crippen LogP contribution in [0.1, 0.15) is 19.8 Å². The first kappa shape index (κ1) is 13.3. The van der Waals surface area contributed by atoms with Crippen molar-refractivity contribution in [2.24, 2.45) is 0 Å². The van der Waals surface area contributed by atoms with Gasteiger partial charge in [0.1, 0.15) is 0 Å². The molecular formula is C11H22N2O3. The number of hydrogen-bond donors (Lipinski definition) is 1. The Morgan fingerprint density at radius 3 is 2.62 bits per heavy atom. The fourth-order valence-electron chi connectivity index (χ4n) is 1.53. The Hall–Kier alpha value is -0.810. The number of amides is 2. The summed E-state index contributed by atoms with van der Waals surface area (Å²) in [5, 5.41) is 2.98. The molecule has 0 bridgehead atoms. The highest BCUT2D eigenvalue weighted by molar-refractivity contribution is 5.75. The Labute approximate surface area is 97.1 Å². The summed E-state index contributed by atoms with van der Waals surface area (Å²) in [6.45, 7) is 3.67. The van der Waals surface area contributed by atoms with E-state index in [1.165, 1.54) is 0 Å². The van der Waals surface area contributed by atoms with Crippen LogP contribution in [0.25, 0.3) is 0 Å². The van der Waals surface area contributed by atoms with Crippen LogP contribution in [-0.4, -0.2) is 57.0 Å². The molecule has 0 aromatic carbocycles. The Kier molecular flexibility index (Phi) is 5.55. The molecule has 1 fully saturated rings. The Balaban J connectivity index is 2.42. The normalized spacial score (nSPS) is 16.9. The third-order valence-electron chi connectivity index (χ3n) is 2.64. The van der Waals surface area contributed by atoms with Crippen LogP contribution in [0.15, 0.2) is 0 Å². The molecule has 0 aromatic heterocycles. The van der Waals surface area contributed by atoms with Gasteiger partial charge in [-0.15, -0.1) is 0 Å². The molecule has 5 nitrogen and oxygen atoms in total. The number of ether oxygens (including phenoxy) is 2. The lowest BCUT2D eigenvalue weighted by Gasteiger charge is -2.28. The summed E-state index contributed by atoms with van der Waals surface area (Å²) in [6.07, 6.45) is 2.20. The number of urea groups is 1. The van der Waals surface area contributed by atoms with E-state index >= 15 is 0 Å². The Morgan fingerprint density at radius 2 is 2.12 bits per heavy atom. The van der Waals surface area contributed by atoms with Crippen molar-refractivity contribution in [1.29, 1.82) is 0 Å². The lowest BCUT2D eigenvalue weighted by atomic mass is 10.3. The van der Waals surface area contributed by atoms with Crippen molar-refractivity contribution in [2.45, 2.75) is 31.8 Å². The van der Waals surface area contributed by atoms with Crippen LogP contribution in [0.4, 0.5) is 4.79 Å². The number of methoxy groups -OCH3 is 2. The highest BCUT2D eigenvalue weighted by atomic mass is 16.5. The molecule has 0 aromatic rings. The Morgan fingerprint density at radius 1 is 1.44 bits per heavy atom. The molecule has 16 heavy (non-hydrogen) atoms. The molecule has 0 aliphatic heterocycles. The predicted octanol–water partition coefficient (Wildman–Crippen LogP) is 0.842. The number of nitrogens with zero attached hydrogens (tertiary/aromatic N) is 1. The molecule has 1 saturated carbocycles. The van der Waals surface area contributed by atoms with Gasteiger partial charge in [-0.3, -0.25) is 0 Å². The molecule has 0 radical (unpaired) electrons. The first-order valence-corrected chi connectivity index (χ1v) is 5.74. The molecule has 1 N–H and O–H groups in total. The van der Waals surface area contributed by atoms with E-state index in [1.54, 1.807) is 19.1 Å². The van der Waals surface area contributed by atoms with E-state index in [1.807, 2.05) is 6.92 Å². The molecular weight excluding hydrogens is 208 g/mol. The average molecular weight is 230 g/mol. The van der Waals surface area contributed by atoms with Gasteiger partial charge in [0.05, 0.1) is 19.3 Å². The summed E-state index contributed by atoms with van der Waals surface area (Å²) < 4.78 is 10.1. The van der Waals surface area contributed by atoms with Crippen LogP contribution < -0.4 is 5.32 Å². The zero-order chi connectivity index (χ0) is 12.0. The monoisotopic (exact) mass is 230 g/mol. The second-order valence-corrected chi connectivity index (χ2v) is 4.21. The second-order valence-electron chi connectivity index (χ2n) is 4.21. The van der Waals surface area contributed by atoms with Crippen LogP contribution in [-0.2, 0) is 9.47 Å². The van der Waals surface area contributed by atoms with E-state index in [-0.39, 0.29) is 12.1 Å². The van der Waals surface area contributed by atoms with E-state index < -0.39 is 0 Å². The minimum Gasteiger partial charge on any atom is -0.383 e. The van der Waals surface area contributed by atoms with E-state index in [0.29, 0.717) is 25.8 Å². The summed E-state index contributed by atoms with van der Waals surface area (Å²) in [4.78, 5) is 13.7. The van der Waals surface area contributed by atoms with Gasteiger partial charge in [0.25, 0.3) is 0 Å². The molecule has 0 spiro atoms. The van der Waals surface area contributed by atoms with Gasteiger partial charge in [-0.25, -0.2) is 4.79 Å². The number of nitrogens with one attached hydrogen (secondary N) is 1. The lowest BCUT2D eigenvalue weighted by Crippen LogP contribution is -2.48. The minimum atomic E-state index is -0.0101. The molecule has 1 rings (SSSR count). The van der Waals surface area contributed by atoms with Crippen molar-refractivity contribution in [3.8, 4) is 0 Å². The van der Waals surface area contributed by atoms with Crippen molar-refractivity contribution in [2.75, 3.05) is 34.0 Å². The topological polar surface area (TPSA) is 50.8 Å². The van der Waals surface area contributed by atoms with E-state index in [2.05, 4.69) is 5.32 Å². The maximum absolute atomic E-state index is 11.9. The summed E-state index contributed by atoms with van der Waals surface area (Å²) in [5.41, 5.74) is 0. The number of rotatable bonds is 7. The van der Waals surface area contributed by atoms with Crippen LogP contribution in [0.5, 0.6) is 0 Å². The largest absolute Gasteiger partial charge is 0.383 e. The lowest BCUT2D eigenvalue weighted by molar-refractivity contribution is 0.0903. The maximum atomic E-state index is 11.9. The standard InChI is InChI=1S/C11H22N2O3/c1-9(8-16-3)13(6-7-15-2)11(14)12-10-4-5-10/h9-10H,4-8H2,1-3H3,(H,12,14). The van der Waals surface area contributed by atoms with E-state index in [0.717, 1.165) is 12.8 Å². The molecule has 0 saturated heterocycles. The van der Waals surface area contributed by atoms with Gasteiger partial charge < -0.3 is 19.7 Å². The minimum absolute atomic E-state index is 0.0101. The third-order valence-corrected chi connectivity index (χ3v) is 2.64. The average Bonchev–Trinajstić information content (AvgIpc) is 3.02. The third kappa shape index (κ3) is 4.37. The molecule has 2 amide bonds. The molecule has 0 heterocycles. The number of carbonyl (C=O) groups is 1. The van der Waals surface area contributed by atoms with E-state index in [9.17, 15) is 4.79 Å². The first-order chi connectivity index (χ1) is 7.69. The fraction of sp³-hybridized carbons (Fsp3) is 0.909. The molecule has 1 aliphatic carbocycles. The molecule has 94 valence electrons. The van der Waals surface area contributed by atoms with Crippen molar-refractivity contribution >= 4 is 6.03 Å². The molecule has 1 unspecified atom stereocenters. The SMILES string of the molecule is COCCN(C(=O)NC1CC1)C(C)COC. The fourth-order valence-corrected chi connectivity index (χ4v) is 1.53. The van der Waals surface area contributed by atoms with Gasteiger partial charge in [0.15, 0.2) is 0 Å². The highest BCUT2D eigenvalue weighted by Gasteiger charge is 2.27. The first-order valence-electron chi connectivity index (χ1n) is 5.74. The van der Waals surface area contributed by atoms with Gasteiger partial charge >= 0.3 is 6.03 Å². The molecule has 1 atom stereocenters. The van der Waals surface area contributed by atoms with Gasteiger partial charge in [-0.2, -0.15) is 0 Å². The van der Waals surface area contributed by atoms with E-state index in [4.69, 9.17) is 9.47 Å². The highest BCUT2D eigenvalue weighted by Crippen LogP contribution is 2.19. The van der Waals surface area contributed by atoms with Gasteiger partial charge in [0, 0.05) is 26.8 Å². The Bertz CT molecular complexity index is 219. The van der Waals surface area contributed by atoms with Gasteiger partial charge in [-0.05, 0) is 19.8 Å². The molecule has 5 heteroatoms. The van der Waals surface area contributed by atoms with Crippen LogP contribution in [0.2, 0.25) is 0 Å². The summed E-state index contributed by atoms with van der Waals surface area (Å²) >= 11 is 0. The summed E-state index contributed by atoms with van der Waals surface area (Å²) in [7, 11) is 3.28. The predicted molar refractivity (Wildman–Crippen MR) is 61.5 cm³/mol. The zero-order valence-corrected chi connectivity index (χ0v) is 10.4. The van der Waals surface area contributed by atoms with Crippen molar-refractivity contribution in [1.82, 2.24) is 10.2 Å². The summed E-state index contributed by atoms with van der Waals surface area (Å²) in [5.74, 6) is 0. The second kappa shape index (κ2) is 6.70. The smallest absolute Gasteiger partial charge is 0.318 e. The van der Waals surface area contributed by atoms with Crippen molar-refractivity contribution in [3.63, 3.8) is 0 Å². The zero-order valence-electron chi connectivity index (χ0n) is 10.4.